The number of aliphatic hydroxyl groups excluding tert-OH is 3. The molecule has 0 aromatic heterocycles. The SMILES string of the molecule is COC1C=CO[C@@]2(C)Oc3c(C)c(O)c4c(O)c(c5c(c4c3C2=O)=NC2(CCN(CC(C)C)CC2)N=5)NC(=O)C(C)=CC=CC(C)C(O)C(C)C(O)C(C)C(O)C1C. The van der Waals surface area contributed by atoms with Crippen LogP contribution in [0.25, 0.3) is 10.8 Å². The van der Waals surface area contributed by atoms with Gasteiger partial charge in [-0.15, -0.1) is 0 Å². The van der Waals surface area contributed by atoms with Crippen molar-refractivity contribution in [2.24, 2.45) is 39.6 Å². The van der Waals surface area contributed by atoms with Crippen LogP contribution in [0.15, 0.2) is 46.1 Å². The molecule has 4 bridgehead atoms. The number of fused-ring (bicyclic) bond motifs is 1. The van der Waals surface area contributed by atoms with Crippen molar-refractivity contribution in [3.63, 3.8) is 0 Å². The van der Waals surface area contributed by atoms with Crippen LogP contribution in [0.5, 0.6) is 17.2 Å². The Hall–Kier alpha value is -4.34. The number of ketones is 1. The number of carbonyl (C=O) groups excluding carboxylic acids is 2. The number of amides is 1. The Morgan fingerprint density at radius 1 is 0.914 bits per heavy atom. The first-order valence-electron chi connectivity index (χ1n) is 20.3. The molecule has 0 saturated carbocycles. The number of Topliss-reactive ketones (excluding diaryl/α,β-unsaturated/α-hetero) is 1. The molecule has 1 saturated heterocycles. The van der Waals surface area contributed by atoms with Crippen LogP contribution in [0.2, 0.25) is 0 Å². The molecule has 4 aliphatic rings. The van der Waals surface area contributed by atoms with E-state index in [1.807, 2.05) is 0 Å². The van der Waals surface area contributed by atoms with E-state index in [4.69, 9.17) is 24.2 Å². The number of phenolic OH excluding ortho intramolecular Hbond substituents is 2. The molecular formula is C44H60N4O10. The molecular weight excluding hydrogens is 745 g/mol. The molecule has 316 valence electrons. The van der Waals surface area contributed by atoms with Gasteiger partial charge in [-0.25, -0.2) is 0 Å². The molecule has 8 unspecified atom stereocenters. The molecule has 1 amide bonds. The van der Waals surface area contributed by atoms with E-state index in [1.165, 1.54) is 20.3 Å². The number of benzene rings is 2. The summed E-state index contributed by atoms with van der Waals surface area (Å²) in [6.07, 6.45) is 4.98. The van der Waals surface area contributed by atoms with Gasteiger partial charge >= 0.3 is 5.79 Å². The smallest absolute Gasteiger partial charge is 0.312 e. The highest BCUT2D eigenvalue weighted by molar-refractivity contribution is 6.19. The molecule has 4 aliphatic heterocycles. The van der Waals surface area contributed by atoms with Crippen molar-refractivity contribution in [1.29, 1.82) is 0 Å². The van der Waals surface area contributed by atoms with E-state index in [2.05, 4.69) is 24.1 Å². The number of phenols is 2. The number of rotatable bonds is 3. The van der Waals surface area contributed by atoms with Gasteiger partial charge in [0.15, 0.2) is 11.4 Å². The van der Waals surface area contributed by atoms with Crippen molar-refractivity contribution in [1.82, 2.24) is 4.90 Å². The van der Waals surface area contributed by atoms with Gasteiger partial charge in [-0.1, -0.05) is 59.8 Å². The van der Waals surface area contributed by atoms with E-state index in [0.717, 1.165) is 6.54 Å². The number of nitrogens with zero attached hydrogens (tertiary/aromatic N) is 3. The summed E-state index contributed by atoms with van der Waals surface area (Å²) < 4.78 is 18.0. The lowest BCUT2D eigenvalue weighted by atomic mass is 9.78. The summed E-state index contributed by atoms with van der Waals surface area (Å²) in [5.74, 6) is -5.71. The summed E-state index contributed by atoms with van der Waals surface area (Å²) in [5.41, 5.74) is -0.508. The van der Waals surface area contributed by atoms with Crippen LogP contribution in [0.1, 0.15) is 84.2 Å². The lowest BCUT2D eigenvalue weighted by Gasteiger charge is -2.36. The van der Waals surface area contributed by atoms with Gasteiger partial charge in [0.2, 0.25) is 0 Å². The second-order valence-electron chi connectivity index (χ2n) is 17.4. The van der Waals surface area contributed by atoms with Gasteiger partial charge in [-0.3, -0.25) is 19.6 Å². The van der Waals surface area contributed by atoms with Crippen molar-refractivity contribution in [2.75, 3.05) is 32.1 Å². The van der Waals surface area contributed by atoms with Crippen molar-refractivity contribution in [3.05, 3.63) is 58.0 Å². The second-order valence-corrected chi connectivity index (χ2v) is 17.4. The maximum Gasteiger partial charge on any atom is 0.312 e. The van der Waals surface area contributed by atoms with Crippen molar-refractivity contribution >= 4 is 28.2 Å². The number of hydrogen-bond acceptors (Lipinski definition) is 13. The minimum Gasteiger partial charge on any atom is -0.507 e. The van der Waals surface area contributed by atoms with Crippen molar-refractivity contribution < 1.29 is 49.3 Å². The molecule has 4 heterocycles. The van der Waals surface area contributed by atoms with Crippen LogP contribution >= 0.6 is 0 Å². The quantitative estimate of drug-likeness (QED) is 0.243. The Morgan fingerprint density at radius 3 is 2.17 bits per heavy atom. The zero-order chi connectivity index (χ0) is 42.6. The van der Waals surface area contributed by atoms with Gasteiger partial charge in [-0.2, -0.15) is 0 Å². The number of aromatic hydroxyl groups is 2. The van der Waals surface area contributed by atoms with Crippen LogP contribution in [-0.4, -0.2) is 105 Å². The summed E-state index contributed by atoms with van der Waals surface area (Å²) >= 11 is 0. The molecule has 1 spiro atoms. The molecule has 2 aromatic carbocycles. The third-order valence-corrected chi connectivity index (χ3v) is 12.6. The Balaban J connectivity index is 1.54. The largest absolute Gasteiger partial charge is 0.507 e. The molecule has 0 radical (unpaired) electrons. The van der Waals surface area contributed by atoms with Gasteiger partial charge in [0.1, 0.15) is 22.5 Å². The minimum absolute atomic E-state index is 0.0467. The molecule has 14 heteroatoms. The maximum absolute atomic E-state index is 14.6. The van der Waals surface area contributed by atoms with Gasteiger partial charge in [0.05, 0.1) is 47.0 Å². The Bertz CT molecular complexity index is 2170. The fourth-order valence-electron chi connectivity index (χ4n) is 8.81. The molecule has 14 nitrogen and oxygen atoms in total. The lowest BCUT2D eigenvalue weighted by molar-refractivity contribution is -0.112. The minimum atomic E-state index is -1.93. The topological polar surface area (TPSA) is 203 Å². The van der Waals surface area contributed by atoms with Gasteiger partial charge in [0, 0.05) is 86.7 Å². The van der Waals surface area contributed by atoms with Gasteiger partial charge in [0.25, 0.3) is 11.7 Å². The van der Waals surface area contributed by atoms with Gasteiger partial charge in [-0.05, 0) is 25.8 Å². The highest BCUT2D eigenvalue weighted by atomic mass is 16.7. The Labute approximate surface area is 339 Å². The molecule has 2 aromatic rings. The first-order valence-corrected chi connectivity index (χ1v) is 20.3. The van der Waals surface area contributed by atoms with Crippen LogP contribution < -0.4 is 20.8 Å². The van der Waals surface area contributed by atoms with Gasteiger partial charge < -0.3 is 50.0 Å². The van der Waals surface area contributed by atoms with Crippen molar-refractivity contribution in [2.45, 2.75) is 111 Å². The number of hydrogen-bond donors (Lipinski definition) is 6. The molecule has 9 atom stereocenters. The number of anilines is 1. The number of carbonyl (C=O) groups is 2. The number of nitrogens with one attached hydrogen (secondary N) is 1. The third kappa shape index (κ3) is 7.65. The number of methoxy groups -OCH3 is 1. The Morgan fingerprint density at radius 2 is 1.53 bits per heavy atom. The number of aliphatic hydroxyl groups is 3. The summed E-state index contributed by atoms with van der Waals surface area (Å²) in [6.45, 7) is 18.2. The molecule has 58 heavy (non-hydrogen) atoms. The monoisotopic (exact) mass is 804 g/mol. The standard InChI is InChI=1S/C44H60N4O10/c1-21(2)20-48-17-15-44(16-18-48)46-32-29-30-38(52)27(8)40-31(29)41(54)43(9,58-40)57-19-14-28(56-10)24(5)36(50)26(7)37(51)25(6)35(49)22(3)12-11-13-23(4)42(55)45-34(39(30)53)33(32)47-44/h11-14,19,21-22,24-26,28,35-37,49-53H,15-18,20H2,1-10H3,(H,45,55)/t22?,24?,25?,26?,28?,35?,36?,37?,43-/m0/s1. The number of allylic oxidation sites excluding steroid dienone is 2. The number of piperidine rings is 1. The average Bonchev–Trinajstić information content (AvgIpc) is 3.69. The summed E-state index contributed by atoms with van der Waals surface area (Å²) in [5, 5.41) is 61.1. The summed E-state index contributed by atoms with van der Waals surface area (Å²) in [7, 11) is 1.47. The fourth-order valence-corrected chi connectivity index (χ4v) is 8.81. The highest BCUT2D eigenvalue weighted by Crippen LogP contribution is 2.50. The van der Waals surface area contributed by atoms with Crippen LogP contribution in [0, 0.1) is 36.5 Å². The maximum atomic E-state index is 14.6. The van der Waals surface area contributed by atoms with Crippen LogP contribution in [0.4, 0.5) is 5.69 Å². The Kier molecular flexibility index (Phi) is 12.2. The van der Waals surface area contributed by atoms with E-state index in [0.29, 0.717) is 31.8 Å². The first-order chi connectivity index (χ1) is 27.3. The predicted molar refractivity (Wildman–Crippen MR) is 218 cm³/mol. The van der Waals surface area contributed by atoms with E-state index < -0.39 is 77.0 Å². The zero-order valence-electron chi connectivity index (χ0n) is 35.2. The predicted octanol–water partition coefficient (Wildman–Crippen LogP) is 4.18. The normalized spacial score (nSPS) is 31.9. The van der Waals surface area contributed by atoms with E-state index in [9.17, 15) is 35.1 Å². The van der Waals surface area contributed by atoms with E-state index >= 15 is 0 Å². The fraction of sp³-hybridized carbons (Fsp3) is 0.591. The van der Waals surface area contributed by atoms with E-state index in [-0.39, 0.29) is 55.4 Å². The highest BCUT2D eigenvalue weighted by Gasteiger charge is 2.50. The summed E-state index contributed by atoms with van der Waals surface area (Å²) in [4.78, 5) is 41.1. The summed E-state index contributed by atoms with van der Waals surface area (Å²) in [6, 6.07) is 0. The molecule has 6 rings (SSSR count). The average molecular weight is 805 g/mol. The molecule has 1 fully saturated rings. The third-order valence-electron chi connectivity index (χ3n) is 12.6. The van der Waals surface area contributed by atoms with Crippen molar-refractivity contribution in [3.8, 4) is 17.2 Å². The lowest BCUT2D eigenvalue weighted by Crippen LogP contribution is -2.44. The van der Waals surface area contributed by atoms with E-state index in [1.54, 1.807) is 65.8 Å². The number of ether oxygens (including phenoxy) is 3. The van der Waals surface area contributed by atoms with Crippen LogP contribution in [-0.2, 0) is 14.3 Å². The molecule has 6 N–H and O–H groups in total. The number of likely N-dealkylation sites (tertiary alicyclic amines) is 1. The zero-order valence-corrected chi connectivity index (χ0v) is 35.2. The molecule has 0 aliphatic carbocycles. The van der Waals surface area contributed by atoms with Crippen LogP contribution in [0.3, 0.4) is 0 Å². The first kappa shape index (κ1) is 43.2. The second kappa shape index (κ2) is 16.4.